The minimum absolute atomic E-state index is 0.0815. The predicted molar refractivity (Wildman–Crippen MR) is 160 cm³/mol. The van der Waals surface area contributed by atoms with Gasteiger partial charge in [-0.1, -0.05) is 18.2 Å². The summed E-state index contributed by atoms with van der Waals surface area (Å²) < 4.78 is 24.9. The minimum Gasteiger partial charge on any atom is -0.444 e. The number of halogens is 1. The third-order valence-electron chi connectivity index (χ3n) is 8.21. The van der Waals surface area contributed by atoms with Crippen molar-refractivity contribution < 1.29 is 37.8 Å². The number of ether oxygens (including phenoxy) is 2. The number of fused-ring (bicyclic) bond motifs is 2. The standard InChI is InChI=1S/C32H38FN5O7/c1-31(2,3)44-29(42)36-15-5-6-24(18-36)37(17-20-7-9-22(33)10-8-20)26(39)19-38-27(40)32(45-30(38)43)14-13-21-16-23(11-12-25(21)32)35-28(41)34-4/h7-12,16,24H,5-6,13-15,17-19H2,1-4H3,(H2,34,35,41)/t24-,32-/m1/s1. The maximum atomic E-state index is 14.0. The summed E-state index contributed by atoms with van der Waals surface area (Å²) in [6.45, 7) is 5.51. The van der Waals surface area contributed by atoms with Crippen molar-refractivity contribution in [3.8, 4) is 0 Å². The van der Waals surface area contributed by atoms with Crippen LogP contribution >= 0.6 is 0 Å². The number of urea groups is 1. The van der Waals surface area contributed by atoms with Gasteiger partial charge in [-0.3, -0.25) is 9.59 Å². The molecular weight excluding hydrogens is 585 g/mol. The number of likely N-dealkylation sites (tertiary alicyclic amines) is 1. The SMILES string of the molecule is CNC(=O)Nc1ccc2c(c1)CC[C@@]21OC(=O)N(CC(=O)N(Cc2ccc(F)cc2)[C@@H]2CCCN(C(=O)OC(C)(C)C)C2)C1=O. The van der Waals surface area contributed by atoms with Gasteiger partial charge in [-0.15, -0.1) is 0 Å². The van der Waals surface area contributed by atoms with Crippen LogP contribution in [0.25, 0.3) is 0 Å². The van der Waals surface area contributed by atoms with Gasteiger partial charge >= 0.3 is 18.2 Å². The number of anilines is 1. The maximum absolute atomic E-state index is 14.0. The van der Waals surface area contributed by atoms with Crippen LogP contribution in [0.5, 0.6) is 0 Å². The molecule has 5 rings (SSSR count). The number of nitrogens with zero attached hydrogens (tertiary/aromatic N) is 3. The lowest BCUT2D eigenvalue weighted by molar-refractivity contribution is -0.143. The lowest BCUT2D eigenvalue weighted by Gasteiger charge is -2.40. The number of carbonyl (C=O) groups excluding carboxylic acids is 5. The van der Waals surface area contributed by atoms with Crippen molar-refractivity contribution in [1.82, 2.24) is 20.0 Å². The molecule has 2 atom stereocenters. The first-order valence-electron chi connectivity index (χ1n) is 15.0. The van der Waals surface area contributed by atoms with Crippen LogP contribution < -0.4 is 10.6 Å². The lowest BCUT2D eigenvalue weighted by atomic mass is 9.94. The van der Waals surface area contributed by atoms with E-state index >= 15 is 0 Å². The molecule has 3 aliphatic rings. The van der Waals surface area contributed by atoms with Crippen LogP contribution in [0.4, 0.5) is 24.5 Å². The van der Waals surface area contributed by atoms with Crippen LogP contribution in [0.15, 0.2) is 42.5 Å². The molecule has 240 valence electrons. The molecular formula is C32H38FN5O7. The molecule has 12 nitrogen and oxygen atoms in total. The Labute approximate surface area is 260 Å². The maximum Gasteiger partial charge on any atom is 0.418 e. The number of piperidine rings is 1. The first-order chi connectivity index (χ1) is 21.3. The Morgan fingerprint density at radius 1 is 1.13 bits per heavy atom. The molecule has 45 heavy (non-hydrogen) atoms. The third kappa shape index (κ3) is 6.71. The van der Waals surface area contributed by atoms with Crippen molar-refractivity contribution in [3.63, 3.8) is 0 Å². The summed E-state index contributed by atoms with van der Waals surface area (Å²) in [5.74, 6) is -1.57. The van der Waals surface area contributed by atoms with Crippen molar-refractivity contribution in [2.75, 3.05) is 32.0 Å². The van der Waals surface area contributed by atoms with E-state index in [9.17, 15) is 28.4 Å². The van der Waals surface area contributed by atoms with Gasteiger partial charge in [-0.2, -0.15) is 0 Å². The molecule has 1 aliphatic carbocycles. The topological polar surface area (TPSA) is 138 Å². The molecule has 2 aromatic rings. The molecule has 0 radical (unpaired) electrons. The van der Waals surface area contributed by atoms with Gasteiger partial charge in [0.2, 0.25) is 11.5 Å². The van der Waals surface area contributed by atoms with E-state index in [2.05, 4.69) is 10.6 Å². The second-order valence-corrected chi connectivity index (χ2v) is 12.5. The van der Waals surface area contributed by atoms with Crippen molar-refractivity contribution in [2.24, 2.45) is 0 Å². The van der Waals surface area contributed by atoms with Crippen molar-refractivity contribution in [2.45, 2.75) is 70.2 Å². The minimum atomic E-state index is -1.56. The Balaban J connectivity index is 1.36. The average molecular weight is 624 g/mol. The zero-order valence-corrected chi connectivity index (χ0v) is 25.9. The summed E-state index contributed by atoms with van der Waals surface area (Å²) in [6.07, 6.45) is 0.406. The molecule has 0 bridgehead atoms. The summed E-state index contributed by atoms with van der Waals surface area (Å²) in [6, 6.07) is 9.90. The van der Waals surface area contributed by atoms with Gasteiger partial charge in [-0.25, -0.2) is 23.7 Å². The molecule has 2 saturated heterocycles. The summed E-state index contributed by atoms with van der Waals surface area (Å²) in [7, 11) is 1.50. The van der Waals surface area contributed by atoms with E-state index in [0.29, 0.717) is 42.6 Å². The van der Waals surface area contributed by atoms with Gasteiger partial charge in [0, 0.05) is 50.4 Å². The number of nitrogens with one attached hydrogen (secondary N) is 2. The van der Waals surface area contributed by atoms with E-state index in [0.717, 1.165) is 10.5 Å². The normalized spacial score (nSPS) is 21.0. The highest BCUT2D eigenvalue weighted by Crippen LogP contribution is 2.46. The summed E-state index contributed by atoms with van der Waals surface area (Å²) in [4.78, 5) is 69.5. The van der Waals surface area contributed by atoms with Crippen LogP contribution in [0.3, 0.4) is 0 Å². The molecule has 13 heteroatoms. The molecule has 2 heterocycles. The first kappa shape index (κ1) is 31.7. The monoisotopic (exact) mass is 623 g/mol. The van der Waals surface area contributed by atoms with E-state index in [1.807, 2.05) is 0 Å². The fourth-order valence-electron chi connectivity index (χ4n) is 6.06. The van der Waals surface area contributed by atoms with Crippen molar-refractivity contribution >= 4 is 35.7 Å². The second kappa shape index (κ2) is 12.4. The molecule has 2 N–H and O–H groups in total. The summed E-state index contributed by atoms with van der Waals surface area (Å²) >= 11 is 0. The Kier molecular flexibility index (Phi) is 8.72. The molecule has 1 spiro atoms. The predicted octanol–water partition coefficient (Wildman–Crippen LogP) is 4.13. The third-order valence-corrected chi connectivity index (χ3v) is 8.21. The van der Waals surface area contributed by atoms with Crippen LogP contribution in [-0.2, 0) is 37.6 Å². The smallest absolute Gasteiger partial charge is 0.418 e. The Morgan fingerprint density at radius 3 is 2.56 bits per heavy atom. The van der Waals surface area contributed by atoms with Gasteiger partial charge in [-0.05, 0) is 75.4 Å². The fourth-order valence-corrected chi connectivity index (χ4v) is 6.06. The van der Waals surface area contributed by atoms with Gasteiger partial charge < -0.3 is 29.9 Å². The molecule has 2 fully saturated rings. The Bertz CT molecular complexity index is 1510. The number of aryl methyl sites for hydroxylation is 1. The Hall–Kier alpha value is -4.68. The number of rotatable bonds is 6. The van der Waals surface area contributed by atoms with Crippen molar-refractivity contribution in [1.29, 1.82) is 0 Å². The van der Waals surface area contributed by atoms with Gasteiger partial charge in [0.05, 0.1) is 0 Å². The van der Waals surface area contributed by atoms with E-state index in [1.54, 1.807) is 56.0 Å². The number of hydrogen-bond acceptors (Lipinski definition) is 7. The lowest BCUT2D eigenvalue weighted by Crippen LogP contribution is -2.54. The largest absolute Gasteiger partial charge is 0.444 e. The molecule has 0 unspecified atom stereocenters. The van der Waals surface area contributed by atoms with E-state index in [1.165, 1.54) is 24.1 Å². The molecule has 0 aromatic heterocycles. The second-order valence-electron chi connectivity index (χ2n) is 12.5. The van der Waals surface area contributed by atoms with E-state index in [4.69, 9.17) is 9.47 Å². The number of benzene rings is 2. The number of imide groups is 1. The van der Waals surface area contributed by atoms with Gasteiger partial charge in [0.1, 0.15) is 18.0 Å². The van der Waals surface area contributed by atoms with Crippen LogP contribution in [0.2, 0.25) is 0 Å². The molecule has 2 aliphatic heterocycles. The molecule has 6 amide bonds. The zero-order valence-electron chi connectivity index (χ0n) is 25.9. The zero-order chi connectivity index (χ0) is 32.5. The van der Waals surface area contributed by atoms with Gasteiger partial charge in [0.25, 0.3) is 5.91 Å². The number of hydrogen-bond donors (Lipinski definition) is 2. The highest BCUT2D eigenvalue weighted by Gasteiger charge is 2.58. The number of carbonyl (C=O) groups is 5. The summed E-state index contributed by atoms with van der Waals surface area (Å²) in [5, 5.41) is 5.16. The quantitative estimate of drug-likeness (QED) is 0.494. The van der Waals surface area contributed by atoms with E-state index in [-0.39, 0.29) is 19.5 Å². The number of amides is 6. The fraction of sp³-hybridized carbons (Fsp3) is 0.469. The summed E-state index contributed by atoms with van der Waals surface area (Å²) in [5.41, 5.74) is 0.192. The molecule has 2 aromatic carbocycles. The van der Waals surface area contributed by atoms with E-state index < -0.39 is 59.6 Å². The average Bonchev–Trinajstić information content (AvgIpc) is 3.47. The van der Waals surface area contributed by atoms with Crippen LogP contribution in [-0.4, -0.2) is 83.1 Å². The van der Waals surface area contributed by atoms with Gasteiger partial charge in [0.15, 0.2) is 0 Å². The highest BCUT2D eigenvalue weighted by atomic mass is 19.1. The molecule has 0 saturated carbocycles. The Morgan fingerprint density at radius 2 is 1.87 bits per heavy atom. The van der Waals surface area contributed by atoms with Crippen LogP contribution in [0, 0.1) is 5.82 Å². The first-order valence-corrected chi connectivity index (χ1v) is 15.0. The van der Waals surface area contributed by atoms with Crippen LogP contribution in [0.1, 0.15) is 56.7 Å². The van der Waals surface area contributed by atoms with Crippen molar-refractivity contribution in [3.05, 3.63) is 65.0 Å². The highest BCUT2D eigenvalue weighted by molar-refractivity contribution is 6.06.